The Morgan fingerprint density at radius 1 is 0.737 bits per heavy atom. The fraction of sp³-hybridized carbons (Fsp3) is 1.00. The minimum Gasteiger partial charge on any atom is -1.00 e. The molecule has 0 aliphatic heterocycles. The molecule has 0 aromatic heterocycles. The lowest BCUT2D eigenvalue weighted by Gasteiger charge is -2.18. The Labute approximate surface area is 124 Å². The molecule has 0 fully saturated rings. The van der Waals surface area contributed by atoms with Crippen LogP contribution < -0.4 is 12.4 Å². The topological polar surface area (TPSA) is 60.7 Å². The summed E-state index contributed by atoms with van der Waals surface area (Å²) in [4.78, 5) is -1.89. The van der Waals surface area contributed by atoms with Gasteiger partial charge in [0.05, 0.1) is 4.97 Å². The van der Waals surface area contributed by atoms with E-state index in [4.69, 9.17) is 15.6 Å². The number of quaternary nitrogens is 1. The molecule has 0 aliphatic carbocycles. The van der Waals surface area contributed by atoms with Gasteiger partial charge in [-0.25, -0.2) is 0 Å². The molecule has 0 aliphatic rings. The maximum Gasteiger partial charge on any atom is 0.184 e. The first-order valence-corrected chi connectivity index (χ1v) is 7.55. The molecule has 118 valence electrons. The standard InChI is InChI=1S/C14H32NO3.ClH/c1-3-4-5-6-7-8-9-10-11-12-13-14(2)15(16,17)18;/h14,16-18H,3-13H2,1-2H3;1H/q+1;/p-1. The Morgan fingerprint density at radius 3 is 1.47 bits per heavy atom. The monoisotopic (exact) mass is 297 g/mol. The van der Waals surface area contributed by atoms with Gasteiger partial charge in [0.2, 0.25) is 0 Å². The van der Waals surface area contributed by atoms with E-state index in [0.29, 0.717) is 6.42 Å². The van der Waals surface area contributed by atoms with Crippen LogP contribution in [0.3, 0.4) is 0 Å². The molecule has 0 spiro atoms. The van der Waals surface area contributed by atoms with Gasteiger partial charge in [-0.15, -0.1) is 15.6 Å². The van der Waals surface area contributed by atoms with Crippen LogP contribution in [0.1, 0.15) is 84.5 Å². The highest BCUT2D eigenvalue weighted by molar-refractivity contribution is 4.50. The lowest BCUT2D eigenvalue weighted by atomic mass is 10.0. The number of nitrogens with zero attached hydrogens (tertiary/aromatic N) is 1. The molecule has 5 heteroatoms. The van der Waals surface area contributed by atoms with Gasteiger partial charge in [0, 0.05) is 6.42 Å². The van der Waals surface area contributed by atoms with Crippen molar-refractivity contribution in [2.75, 3.05) is 0 Å². The van der Waals surface area contributed by atoms with Crippen molar-refractivity contribution in [2.45, 2.75) is 90.5 Å². The Balaban J connectivity index is 0. The zero-order valence-electron chi connectivity index (χ0n) is 12.5. The Hall–Kier alpha value is 0.130. The first kappa shape index (κ1) is 21.4. The Kier molecular flexibility index (Phi) is 14.8. The van der Waals surface area contributed by atoms with E-state index in [-0.39, 0.29) is 12.4 Å². The fourth-order valence-corrected chi connectivity index (χ4v) is 2.10. The van der Waals surface area contributed by atoms with E-state index < -0.39 is 11.0 Å². The molecular formula is C14H32ClNO3. The minimum atomic E-state index is -1.89. The predicted octanol–water partition coefficient (Wildman–Crippen LogP) is 1.67. The van der Waals surface area contributed by atoms with Crippen LogP contribution in [0.5, 0.6) is 0 Å². The molecule has 0 aromatic carbocycles. The second-order valence-corrected chi connectivity index (χ2v) is 5.43. The molecular weight excluding hydrogens is 266 g/mol. The lowest BCUT2D eigenvalue weighted by Crippen LogP contribution is -3.00. The van der Waals surface area contributed by atoms with Crippen LogP contribution >= 0.6 is 0 Å². The third kappa shape index (κ3) is 14.4. The van der Waals surface area contributed by atoms with Gasteiger partial charge in [-0.3, -0.25) is 0 Å². The summed E-state index contributed by atoms with van der Waals surface area (Å²) in [5, 5.41) is 26.6. The SMILES string of the molecule is CCCCCCCCCCCCC(C)[N+](O)(O)O.[Cl-]. The van der Waals surface area contributed by atoms with Gasteiger partial charge < -0.3 is 12.4 Å². The van der Waals surface area contributed by atoms with Crippen LogP contribution in [0.15, 0.2) is 0 Å². The van der Waals surface area contributed by atoms with E-state index in [1.807, 2.05) is 0 Å². The molecule has 19 heavy (non-hydrogen) atoms. The fourth-order valence-electron chi connectivity index (χ4n) is 2.10. The Bertz CT molecular complexity index is 186. The second-order valence-electron chi connectivity index (χ2n) is 5.43. The number of halogens is 1. The maximum atomic E-state index is 8.88. The molecule has 0 heterocycles. The summed E-state index contributed by atoms with van der Waals surface area (Å²) in [5.41, 5.74) is 0. The minimum absolute atomic E-state index is 0. The predicted molar refractivity (Wildman–Crippen MR) is 71.5 cm³/mol. The van der Waals surface area contributed by atoms with Crippen LogP contribution in [0, 0.1) is 0 Å². The molecule has 0 rings (SSSR count). The third-order valence-corrected chi connectivity index (χ3v) is 3.57. The molecule has 0 bridgehead atoms. The first-order valence-electron chi connectivity index (χ1n) is 7.55. The van der Waals surface area contributed by atoms with E-state index in [2.05, 4.69) is 6.92 Å². The van der Waals surface area contributed by atoms with Crippen LogP contribution in [-0.4, -0.2) is 26.6 Å². The highest BCUT2D eigenvalue weighted by Gasteiger charge is 2.28. The molecule has 0 aromatic rings. The van der Waals surface area contributed by atoms with E-state index in [1.54, 1.807) is 6.92 Å². The maximum absolute atomic E-state index is 8.88. The number of hydrogen-bond donors (Lipinski definition) is 3. The van der Waals surface area contributed by atoms with Gasteiger partial charge in [0.15, 0.2) is 6.04 Å². The molecule has 1 unspecified atom stereocenters. The van der Waals surface area contributed by atoms with Crippen molar-refractivity contribution in [1.82, 2.24) is 0 Å². The van der Waals surface area contributed by atoms with Crippen molar-refractivity contribution < 1.29 is 33.0 Å². The third-order valence-electron chi connectivity index (χ3n) is 3.57. The van der Waals surface area contributed by atoms with Crippen molar-refractivity contribution >= 4 is 0 Å². The van der Waals surface area contributed by atoms with Gasteiger partial charge in [-0.1, -0.05) is 64.7 Å². The average Bonchev–Trinajstić information content (AvgIpc) is 2.30. The Morgan fingerprint density at radius 2 is 1.11 bits per heavy atom. The van der Waals surface area contributed by atoms with Gasteiger partial charge in [0.1, 0.15) is 0 Å². The van der Waals surface area contributed by atoms with Crippen LogP contribution in [0.4, 0.5) is 0 Å². The van der Waals surface area contributed by atoms with Crippen LogP contribution in [0.25, 0.3) is 0 Å². The summed E-state index contributed by atoms with van der Waals surface area (Å²) < 4.78 is 0. The van der Waals surface area contributed by atoms with Gasteiger partial charge in [-0.05, 0) is 13.3 Å². The molecule has 0 radical (unpaired) electrons. The van der Waals surface area contributed by atoms with E-state index in [1.165, 1.54) is 51.4 Å². The van der Waals surface area contributed by atoms with E-state index >= 15 is 0 Å². The normalized spacial score (nSPS) is 13.1. The largest absolute Gasteiger partial charge is 1.00 e. The number of unbranched alkanes of at least 4 members (excludes halogenated alkanes) is 9. The quantitative estimate of drug-likeness (QED) is 0.292. The second kappa shape index (κ2) is 13.1. The van der Waals surface area contributed by atoms with E-state index in [9.17, 15) is 0 Å². The summed E-state index contributed by atoms with van der Waals surface area (Å²) >= 11 is 0. The highest BCUT2D eigenvalue weighted by Crippen LogP contribution is 2.14. The number of hydrogen-bond acceptors (Lipinski definition) is 3. The smallest absolute Gasteiger partial charge is 0.184 e. The molecule has 1 atom stereocenters. The number of hydroxylamine groups is 3. The van der Waals surface area contributed by atoms with Crippen molar-refractivity contribution in [3.8, 4) is 0 Å². The van der Waals surface area contributed by atoms with Crippen LogP contribution in [-0.2, 0) is 0 Å². The van der Waals surface area contributed by atoms with Gasteiger partial charge >= 0.3 is 0 Å². The summed E-state index contributed by atoms with van der Waals surface area (Å²) in [6.45, 7) is 3.87. The van der Waals surface area contributed by atoms with Crippen molar-refractivity contribution in [3.63, 3.8) is 0 Å². The molecule has 0 saturated carbocycles. The molecule has 3 N–H and O–H groups in total. The molecule has 0 amide bonds. The van der Waals surface area contributed by atoms with Gasteiger partial charge in [0.25, 0.3) is 0 Å². The summed E-state index contributed by atoms with van der Waals surface area (Å²) in [5.74, 6) is 0. The van der Waals surface area contributed by atoms with Crippen molar-refractivity contribution in [2.24, 2.45) is 0 Å². The summed E-state index contributed by atoms with van der Waals surface area (Å²) in [7, 11) is 0. The summed E-state index contributed by atoms with van der Waals surface area (Å²) in [6, 6.07) is -0.529. The van der Waals surface area contributed by atoms with E-state index in [0.717, 1.165) is 12.8 Å². The first-order chi connectivity index (χ1) is 8.48. The van der Waals surface area contributed by atoms with Crippen molar-refractivity contribution in [3.05, 3.63) is 0 Å². The lowest BCUT2D eigenvalue weighted by molar-refractivity contribution is -1.38. The highest BCUT2D eigenvalue weighted by atomic mass is 35.5. The number of rotatable bonds is 12. The average molecular weight is 298 g/mol. The zero-order chi connectivity index (χ0) is 13.9. The van der Waals surface area contributed by atoms with Crippen LogP contribution in [0.2, 0.25) is 0 Å². The van der Waals surface area contributed by atoms with Gasteiger partial charge in [-0.2, -0.15) is 0 Å². The molecule has 0 saturated heterocycles. The summed E-state index contributed by atoms with van der Waals surface area (Å²) in [6.07, 6.45) is 13.3. The zero-order valence-corrected chi connectivity index (χ0v) is 13.3. The van der Waals surface area contributed by atoms with Crippen molar-refractivity contribution in [1.29, 1.82) is 0 Å². The molecule has 4 nitrogen and oxygen atoms in total.